The summed E-state index contributed by atoms with van der Waals surface area (Å²) in [7, 11) is 0. The first kappa shape index (κ1) is 64.1. The van der Waals surface area contributed by atoms with Crippen LogP contribution >= 0.6 is 0 Å². The molecule has 0 saturated heterocycles. The molecule has 0 saturated carbocycles. The summed E-state index contributed by atoms with van der Waals surface area (Å²) in [6.45, 7) is 6.58. The molecule has 1 atom stereocenters. The molecule has 0 aliphatic rings. The topological polar surface area (TPSA) is 78.9 Å². The van der Waals surface area contributed by atoms with Gasteiger partial charge in [-0.1, -0.05) is 242 Å². The van der Waals surface area contributed by atoms with Crippen molar-refractivity contribution in [2.24, 2.45) is 0 Å². The highest BCUT2D eigenvalue weighted by Crippen LogP contribution is 2.15. The molecular formula is C61H108O6. The van der Waals surface area contributed by atoms with Gasteiger partial charge in [-0.2, -0.15) is 0 Å². The maximum Gasteiger partial charge on any atom is 0.306 e. The van der Waals surface area contributed by atoms with Crippen molar-refractivity contribution < 1.29 is 28.6 Å². The molecule has 6 nitrogen and oxygen atoms in total. The number of hydrogen-bond donors (Lipinski definition) is 0. The van der Waals surface area contributed by atoms with E-state index in [-0.39, 0.29) is 31.1 Å². The second-order valence-corrected chi connectivity index (χ2v) is 19.2. The standard InChI is InChI=1S/C61H108O6/c1-4-7-10-13-16-18-20-22-24-26-28-30-32-34-36-38-40-42-45-48-51-54-60(63)66-57-58(56-65-59(62)53-50-47-44-15-12-9-6-3)67-61(64)55-52-49-46-43-41-39-37-35-33-31-29-27-25-23-21-19-17-14-11-8-5-2/h20-23,26-29,32,34,58H,4-19,24-25,30-31,33,35-57H2,1-3H3/b22-20-,23-21-,28-26-,29-27-,34-32-. The van der Waals surface area contributed by atoms with Gasteiger partial charge in [-0.3, -0.25) is 14.4 Å². The van der Waals surface area contributed by atoms with Crippen LogP contribution in [0.5, 0.6) is 0 Å². The molecule has 0 amide bonds. The number of ether oxygens (including phenoxy) is 3. The van der Waals surface area contributed by atoms with Gasteiger partial charge in [0.2, 0.25) is 0 Å². The predicted molar refractivity (Wildman–Crippen MR) is 288 cm³/mol. The van der Waals surface area contributed by atoms with Crippen LogP contribution in [0.4, 0.5) is 0 Å². The summed E-state index contributed by atoms with van der Waals surface area (Å²) in [4.78, 5) is 37.9. The fraction of sp³-hybridized carbons (Fsp3) is 0.787. The van der Waals surface area contributed by atoms with E-state index in [1.54, 1.807) is 0 Å². The largest absolute Gasteiger partial charge is 0.462 e. The van der Waals surface area contributed by atoms with E-state index < -0.39 is 6.10 Å². The Kier molecular flexibility index (Phi) is 53.3. The maximum absolute atomic E-state index is 12.8. The minimum atomic E-state index is -0.779. The van der Waals surface area contributed by atoms with E-state index in [0.717, 1.165) is 83.5 Å². The third-order valence-corrected chi connectivity index (χ3v) is 12.5. The molecule has 0 aromatic carbocycles. The van der Waals surface area contributed by atoms with Gasteiger partial charge < -0.3 is 14.2 Å². The van der Waals surface area contributed by atoms with Crippen LogP contribution in [0.1, 0.15) is 290 Å². The lowest BCUT2D eigenvalue weighted by Crippen LogP contribution is -2.30. The molecule has 0 N–H and O–H groups in total. The molecular weight excluding hydrogens is 829 g/mol. The number of carbonyl (C=O) groups excluding carboxylic acids is 3. The lowest BCUT2D eigenvalue weighted by molar-refractivity contribution is -0.167. The Hall–Kier alpha value is -2.89. The van der Waals surface area contributed by atoms with Crippen molar-refractivity contribution in [3.8, 4) is 0 Å². The second-order valence-electron chi connectivity index (χ2n) is 19.2. The Labute approximate surface area is 415 Å². The SMILES string of the molecule is CCCCCCC/C=C\C/C=C\C/C=C\CCCCCCCCC(=O)OCC(COC(=O)CCCCCCCCC)OC(=O)CCCCCCCCCCC/C=C\C/C=C\CCCCCCC. The highest BCUT2D eigenvalue weighted by molar-refractivity contribution is 5.71. The third kappa shape index (κ3) is 53.9. The van der Waals surface area contributed by atoms with Crippen LogP contribution in [-0.4, -0.2) is 37.2 Å². The number of rotatable bonds is 52. The lowest BCUT2D eigenvalue weighted by atomic mass is 10.1. The molecule has 0 aliphatic heterocycles. The second kappa shape index (κ2) is 55.7. The van der Waals surface area contributed by atoms with Crippen molar-refractivity contribution in [3.05, 3.63) is 60.8 Å². The van der Waals surface area contributed by atoms with Gasteiger partial charge >= 0.3 is 17.9 Å². The summed E-state index contributed by atoms with van der Waals surface area (Å²) in [5.74, 6) is -0.894. The molecule has 0 spiro atoms. The summed E-state index contributed by atoms with van der Waals surface area (Å²) < 4.78 is 16.8. The van der Waals surface area contributed by atoms with E-state index in [0.29, 0.717) is 19.3 Å². The maximum atomic E-state index is 12.8. The van der Waals surface area contributed by atoms with Crippen LogP contribution in [-0.2, 0) is 28.6 Å². The molecule has 0 aromatic rings. The summed E-state index contributed by atoms with van der Waals surface area (Å²) in [6.07, 6.45) is 69.4. The van der Waals surface area contributed by atoms with Crippen LogP contribution in [0.25, 0.3) is 0 Å². The Morgan fingerprint density at radius 2 is 0.537 bits per heavy atom. The van der Waals surface area contributed by atoms with Gasteiger partial charge in [-0.15, -0.1) is 0 Å². The smallest absolute Gasteiger partial charge is 0.306 e. The van der Waals surface area contributed by atoms with E-state index in [9.17, 15) is 14.4 Å². The van der Waals surface area contributed by atoms with Crippen LogP contribution < -0.4 is 0 Å². The zero-order valence-electron chi connectivity index (χ0n) is 44.4. The van der Waals surface area contributed by atoms with E-state index in [4.69, 9.17) is 14.2 Å². The monoisotopic (exact) mass is 937 g/mol. The minimum absolute atomic E-state index is 0.0792. The summed E-state index contributed by atoms with van der Waals surface area (Å²) >= 11 is 0. The first-order valence-corrected chi connectivity index (χ1v) is 28.8. The Morgan fingerprint density at radius 1 is 0.299 bits per heavy atom. The average molecular weight is 938 g/mol. The predicted octanol–water partition coefficient (Wildman–Crippen LogP) is 19.2. The molecule has 6 heteroatoms. The molecule has 67 heavy (non-hydrogen) atoms. The quantitative estimate of drug-likeness (QED) is 0.0262. The van der Waals surface area contributed by atoms with Crippen molar-refractivity contribution in [2.45, 2.75) is 297 Å². The fourth-order valence-corrected chi connectivity index (χ4v) is 8.13. The van der Waals surface area contributed by atoms with Crippen LogP contribution in [0, 0.1) is 0 Å². The zero-order valence-corrected chi connectivity index (χ0v) is 44.4. The van der Waals surface area contributed by atoms with Gasteiger partial charge in [0.15, 0.2) is 6.10 Å². The van der Waals surface area contributed by atoms with Gasteiger partial charge in [0.1, 0.15) is 13.2 Å². The summed E-state index contributed by atoms with van der Waals surface area (Å²) in [5.41, 5.74) is 0. The van der Waals surface area contributed by atoms with Crippen molar-refractivity contribution in [1.29, 1.82) is 0 Å². The highest BCUT2D eigenvalue weighted by atomic mass is 16.6. The molecule has 0 fully saturated rings. The van der Waals surface area contributed by atoms with Crippen LogP contribution in [0.15, 0.2) is 60.8 Å². The van der Waals surface area contributed by atoms with Gasteiger partial charge in [0.25, 0.3) is 0 Å². The number of carbonyl (C=O) groups is 3. The van der Waals surface area contributed by atoms with Crippen LogP contribution in [0.2, 0.25) is 0 Å². The number of unbranched alkanes of at least 4 members (excludes halogenated alkanes) is 31. The first-order valence-electron chi connectivity index (χ1n) is 28.8. The zero-order chi connectivity index (χ0) is 48.6. The number of hydrogen-bond acceptors (Lipinski definition) is 6. The summed E-state index contributed by atoms with van der Waals surface area (Å²) in [5, 5.41) is 0. The van der Waals surface area contributed by atoms with E-state index in [1.807, 2.05) is 0 Å². The fourth-order valence-electron chi connectivity index (χ4n) is 8.13. The van der Waals surface area contributed by atoms with Gasteiger partial charge in [0, 0.05) is 19.3 Å². The molecule has 0 rings (SSSR count). The van der Waals surface area contributed by atoms with E-state index >= 15 is 0 Å². The van der Waals surface area contributed by atoms with E-state index in [2.05, 4.69) is 81.5 Å². The van der Waals surface area contributed by atoms with Crippen molar-refractivity contribution in [3.63, 3.8) is 0 Å². The first-order chi connectivity index (χ1) is 33.0. The highest BCUT2D eigenvalue weighted by Gasteiger charge is 2.19. The Balaban J connectivity index is 4.23. The average Bonchev–Trinajstić information content (AvgIpc) is 3.33. The Bertz CT molecular complexity index is 1210. The van der Waals surface area contributed by atoms with E-state index in [1.165, 1.54) is 167 Å². The molecule has 0 aromatic heterocycles. The van der Waals surface area contributed by atoms with Crippen molar-refractivity contribution >= 4 is 17.9 Å². The number of allylic oxidation sites excluding steroid dienone is 10. The normalized spacial score (nSPS) is 12.5. The molecule has 0 aliphatic carbocycles. The van der Waals surface area contributed by atoms with Crippen molar-refractivity contribution in [1.82, 2.24) is 0 Å². The van der Waals surface area contributed by atoms with Crippen molar-refractivity contribution in [2.75, 3.05) is 13.2 Å². The van der Waals surface area contributed by atoms with Gasteiger partial charge in [-0.25, -0.2) is 0 Å². The van der Waals surface area contributed by atoms with Gasteiger partial charge in [-0.05, 0) is 89.9 Å². The molecule has 0 radical (unpaired) electrons. The Morgan fingerprint density at radius 3 is 0.836 bits per heavy atom. The minimum Gasteiger partial charge on any atom is -0.462 e. The molecule has 388 valence electrons. The molecule has 0 heterocycles. The molecule has 0 bridgehead atoms. The van der Waals surface area contributed by atoms with Crippen LogP contribution in [0.3, 0.4) is 0 Å². The summed E-state index contributed by atoms with van der Waals surface area (Å²) in [6, 6.07) is 0. The molecule has 1 unspecified atom stereocenters. The third-order valence-electron chi connectivity index (χ3n) is 12.5. The van der Waals surface area contributed by atoms with Gasteiger partial charge in [0.05, 0.1) is 0 Å². The lowest BCUT2D eigenvalue weighted by Gasteiger charge is -2.18. The number of esters is 3.